The topological polar surface area (TPSA) is 97.7 Å². The lowest BCUT2D eigenvalue weighted by molar-refractivity contribution is -0.150. The number of anilines is 1. The molecule has 1 fully saturated rings. The zero-order valence-corrected chi connectivity index (χ0v) is 19.8. The van der Waals surface area contributed by atoms with Crippen molar-refractivity contribution in [2.24, 2.45) is 0 Å². The number of carbonyl (C=O) groups is 4. The van der Waals surface area contributed by atoms with Crippen LogP contribution in [0.25, 0.3) is 17.0 Å². The van der Waals surface area contributed by atoms with Crippen molar-refractivity contribution < 1.29 is 28.3 Å². The summed E-state index contributed by atoms with van der Waals surface area (Å²) in [7, 11) is 0. The second-order valence-corrected chi connectivity index (χ2v) is 8.76. The van der Waals surface area contributed by atoms with Gasteiger partial charge in [0.05, 0.1) is 11.5 Å². The number of hydrogen-bond acceptors (Lipinski definition) is 6. The molecule has 180 valence electrons. The molecule has 3 amide bonds. The minimum atomic E-state index is -1.04. The van der Waals surface area contributed by atoms with Crippen molar-refractivity contribution in [1.29, 1.82) is 0 Å². The van der Waals surface area contributed by atoms with Crippen molar-refractivity contribution in [3.8, 4) is 0 Å². The molecule has 0 aliphatic carbocycles. The summed E-state index contributed by atoms with van der Waals surface area (Å²) in [6.45, 7) is 3.22. The van der Waals surface area contributed by atoms with Crippen LogP contribution in [-0.4, -0.2) is 45.1 Å². The van der Waals surface area contributed by atoms with Gasteiger partial charge in [-0.1, -0.05) is 18.2 Å². The van der Waals surface area contributed by atoms with E-state index in [0.29, 0.717) is 11.3 Å². The lowest BCUT2D eigenvalue weighted by Crippen LogP contribution is -2.42. The molecule has 10 heteroatoms. The van der Waals surface area contributed by atoms with Crippen molar-refractivity contribution in [3.05, 3.63) is 71.0 Å². The molecule has 1 aromatic heterocycles. The number of fused-ring (bicyclic) bond motifs is 1. The van der Waals surface area contributed by atoms with Gasteiger partial charge in [-0.25, -0.2) is 9.18 Å². The van der Waals surface area contributed by atoms with Crippen molar-refractivity contribution >= 4 is 57.5 Å². The number of rotatable bonds is 7. The van der Waals surface area contributed by atoms with E-state index in [0.717, 1.165) is 27.6 Å². The summed E-state index contributed by atoms with van der Waals surface area (Å²) in [5, 5.41) is 2.95. The van der Waals surface area contributed by atoms with E-state index in [4.69, 9.17) is 4.74 Å². The number of esters is 1. The van der Waals surface area contributed by atoms with E-state index in [2.05, 4.69) is 5.32 Å². The molecule has 1 unspecified atom stereocenters. The summed E-state index contributed by atoms with van der Waals surface area (Å²) >= 11 is 0.747. The third-order valence-corrected chi connectivity index (χ3v) is 6.27. The number of nitrogens with one attached hydrogen (secondary N) is 1. The summed E-state index contributed by atoms with van der Waals surface area (Å²) in [5.74, 6) is -1.94. The Labute approximate surface area is 204 Å². The molecule has 8 nitrogen and oxygen atoms in total. The fourth-order valence-corrected chi connectivity index (χ4v) is 4.63. The highest BCUT2D eigenvalue weighted by Gasteiger charge is 2.41. The van der Waals surface area contributed by atoms with Crippen molar-refractivity contribution in [1.82, 2.24) is 9.47 Å². The molecule has 1 saturated heterocycles. The Morgan fingerprint density at radius 3 is 2.57 bits per heavy atom. The Morgan fingerprint density at radius 1 is 1.14 bits per heavy atom. The minimum absolute atomic E-state index is 0.0207. The highest BCUT2D eigenvalue weighted by molar-refractivity contribution is 8.18. The monoisotopic (exact) mass is 495 g/mol. The maximum absolute atomic E-state index is 13.1. The third kappa shape index (κ3) is 5.12. The molecule has 1 atom stereocenters. The van der Waals surface area contributed by atoms with Gasteiger partial charge in [0.1, 0.15) is 18.4 Å². The molecule has 0 bridgehead atoms. The van der Waals surface area contributed by atoms with Gasteiger partial charge in [0, 0.05) is 28.4 Å². The fraction of sp³-hybridized carbons (Fsp3) is 0.200. The Morgan fingerprint density at radius 2 is 1.86 bits per heavy atom. The van der Waals surface area contributed by atoms with Crippen LogP contribution in [0.4, 0.5) is 14.9 Å². The number of halogens is 1. The number of amides is 3. The normalized spacial score (nSPS) is 15.6. The van der Waals surface area contributed by atoms with E-state index in [1.807, 2.05) is 24.3 Å². The summed E-state index contributed by atoms with van der Waals surface area (Å²) in [5.41, 5.74) is 1.87. The molecule has 0 spiro atoms. The van der Waals surface area contributed by atoms with Gasteiger partial charge in [-0.2, -0.15) is 0 Å². The Bertz CT molecular complexity index is 1350. The summed E-state index contributed by atoms with van der Waals surface area (Å²) in [6.07, 6.45) is 3.30. The van der Waals surface area contributed by atoms with Crippen LogP contribution in [0.1, 0.15) is 19.4 Å². The average molecular weight is 496 g/mol. The van der Waals surface area contributed by atoms with Crippen molar-refractivity contribution in [3.63, 3.8) is 0 Å². The largest absolute Gasteiger partial charge is 0.464 e. The van der Waals surface area contributed by atoms with E-state index in [1.54, 1.807) is 23.8 Å². The summed E-state index contributed by atoms with van der Waals surface area (Å²) in [6, 6.07) is 11.8. The standard InChI is InChI=1S/C25H22FN3O5S/c1-3-34-24(32)15(2)29-23(31)21(35-25(29)33)12-16-13-28(20-7-5-4-6-19(16)20)14-22(30)27-18-10-8-17(26)9-11-18/h4-13,15H,3,14H2,1-2H3,(H,27,30)/b21-12+. The maximum atomic E-state index is 13.1. The Balaban J connectivity index is 1.59. The predicted octanol–water partition coefficient (Wildman–Crippen LogP) is 4.41. The van der Waals surface area contributed by atoms with Gasteiger partial charge in [0.25, 0.3) is 11.1 Å². The first-order chi connectivity index (χ1) is 16.8. The number of nitrogens with zero attached hydrogens (tertiary/aromatic N) is 2. The Kier molecular flexibility index (Phi) is 7.02. The van der Waals surface area contributed by atoms with Gasteiger partial charge in [0.15, 0.2) is 0 Å². The molecule has 0 radical (unpaired) electrons. The van der Waals surface area contributed by atoms with Gasteiger partial charge in [-0.15, -0.1) is 0 Å². The maximum Gasteiger partial charge on any atom is 0.329 e. The lowest BCUT2D eigenvalue weighted by Gasteiger charge is -2.19. The van der Waals surface area contributed by atoms with E-state index < -0.39 is 29.0 Å². The number of ether oxygens (including phenoxy) is 1. The van der Waals surface area contributed by atoms with E-state index in [9.17, 15) is 23.6 Å². The number of benzene rings is 2. The van der Waals surface area contributed by atoms with Gasteiger partial charge < -0.3 is 14.6 Å². The lowest BCUT2D eigenvalue weighted by atomic mass is 10.1. The number of imide groups is 1. The van der Waals surface area contributed by atoms with Crippen LogP contribution in [0.2, 0.25) is 0 Å². The second kappa shape index (κ2) is 10.1. The van der Waals surface area contributed by atoms with Gasteiger partial charge in [-0.05, 0) is 62.0 Å². The van der Waals surface area contributed by atoms with Gasteiger partial charge >= 0.3 is 5.97 Å². The zero-order chi connectivity index (χ0) is 25.1. The highest BCUT2D eigenvalue weighted by atomic mass is 32.2. The van der Waals surface area contributed by atoms with Crippen molar-refractivity contribution in [2.75, 3.05) is 11.9 Å². The van der Waals surface area contributed by atoms with Crippen molar-refractivity contribution in [2.45, 2.75) is 26.4 Å². The number of aromatic nitrogens is 1. The quantitative estimate of drug-likeness (QED) is 0.385. The van der Waals surface area contributed by atoms with Gasteiger partial charge in [0.2, 0.25) is 5.91 Å². The first kappa shape index (κ1) is 24.2. The molecule has 1 aliphatic heterocycles. The first-order valence-electron chi connectivity index (χ1n) is 10.9. The molecular weight excluding hydrogens is 473 g/mol. The molecule has 0 saturated carbocycles. The van der Waals surface area contributed by atoms with Crippen LogP contribution >= 0.6 is 11.8 Å². The summed E-state index contributed by atoms with van der Waals surface area (Å²) in [4.78, 5) is 51.1. The smallest absolute Gasteiger partial charge is 0.329 e. The SMILES string of the molecule is CCOC(=O)C(C)N1C(=O)S/C(=C/c2cn(CC(=O)Nc3ccc(F)cc3)c3ccccc23)C1=O. The van der Waals surface area contributed by atoms with Crippen LogP contribution < -0.4 is 5.32 Å². The molecule has 2 heterocycles. The number of hydrogen-bond donors (Lipinski definition) is 1. The molecule has 35 heavy (non-hydrogen) atoms. The number of carbonyl (C=O) groups excluding carboxylic acids is 4. The first-order valence-corrected chi connectivity index (χ1v) is 11.7. The average Bonchev–Trinajstić information content (AvgIpc) is 3.31. The Hall–Kier alpha value is -3.92. The van der Waals surface area contributed by atoms with Crippen LogP contribution in [0.3, 0.4) is 0 Å². The minimum Gasteiger partial charge on any atom is -0.464 e. The van der Waals surface area contributed by atoms with Crippen LogP contribution in [0.15, 0.2) is 59.6 Å². The van der Waals surface area contributed by atoms with Crippen LogP contribution in [-0.2, 0) is 25.7 Å². The van der Waals surface area contributed by atoms with Crippen LogP contribution in [0, 0.1) is 5.82 Å². The summed E-state index contributed by atoms with van der Waals surface area (Å²) < 4.78 is 19.8. The molecule has 4 rings (SSSR count). The van der Waals surface area contributed by atoms with E-state index in [-0.39, 0.29) is 24.0 Å². The molecule has 3 aromatic rings. The van der Waals surface area contributed by atoms with E-state index in [1.165, 1.54) is 31.2 Å². The molecule has 1 aliphatic rings. The number of thioether (sulfide) groups is 1. The van der Waals surface area contributed by atoms with Gasteiger partial charge in [-0.3, -0.25) is 19.3 Å². The molecule has 1 N–H and O–H groups in total. The molecule has 2 aromatic carbocycles. The van der Waals surface area contributed by atoms with E-state index >= 15 is 0 Å². The highest BCUT2D eigenvalue weighted by Crippen LogP contribution is 2.35. The van der Waals surface area contributed by atoms with Crippen LogP contribution in [0.5, 0.6) is 0 Å². The third-order valence-electron chi connectivity index (χ3n) is 5.39. The zero-order valence-electron chi connectivity index (χ0n) is 19.0. The second-order valence-electron chi connectivity index (χ2n) is 7.76. The molecular formula is C25H22FN3O5S. The fourth-order valence-electron chi connectivity index (χ4n) is 3.73. The number of para-hydroxylation sites is 1. The predicted molar refractivity (Wildman–Crippen MR) is 131 cm³/mol.